The molecule has 1 spiro atoms. The van der Waals surface area contributed by atoms with Crippen LogP contribution in [0.1, 0.15) is 22.3 Å². The van der Waals surface area contributed by atoms with Gasteiger partial charge < -0.3 is 0 Å². The van der Waals surface area contributed by atoms with E-state index in [0.29, 0.717) is 17.5 Å². The molecule has 2 aliphatic carbocycles. The van der Waals surface area contributed by atoms with Crippen molar-refractivity contribution in [1.82, 2.24) is 15.0 Å². The second-order valence-corrected chi connectivity index (χ2v) is 16.2. The van der Waals surface area contributed by atoms with E-state index in [9.17, 15) is 0 Å². The van der Waals surface area contributed by atoms with E-state index in [-0.39, 0.29) is 0 Å². The molecule has 11 aromatic rings. The van der Waals surface area contributed by atoms with Crippen LogP contribution in [-0.2, 0) is 5.41 Å². The molecule has 0 saturated carbocycles. The lowest BCUT2D eigenvalue weighted by atomic mass is 9.69. The van der Waals surface area contributed by atoms with Crippen LogP contribution < -0.4 is 0 Å². The van der Waals surface area contributed by atoms with Crippen molar-refractivity contribution in [3.8, 4) is 67.5 Å². The molecular formula is C58H35N3. The van der Waals surface area contributed by atoms with E-state index in [1.165, 1.54) is 82.4 Å². The molecule has 1 aromatic heterocycles. The van der Waals surface area contributed by atoms with Gasteiger partial charge in [0.25, 0.3) is 0 Å². The second-order valence-electron chi connectivity index (χ2n) is 16.2. The van der Waals surface area contributed by atoms with Crippen LogP contribution in [0.4, 0.5) is 0 Å². The first-order valence-electron chi connectivity index (χ1n) is 20.9. The third-order valence-corrected chi connectivity index (χ3v) is 13.1. The van der Waals surface area contributed by atoms with Gasteiger partial charge >= 0.3 is 0 Å². The Bertz CT molecular complexity index is 3580. The standard InChI is InChI=1S/C58H35N3/c1-3-16-36(17-4-1)37-30-32-39(33-31-37)56-59-55(38-18-5-2-6-19-38)60-57(61-56)47-27-15-26-46-44-24-11-13-28-51(44)58(54(46)47)52-29-14-12-25-45(52)50-34-48-42-22-9-7-20-40(42)41-21-8-10-23-43(41)49(48)35-53(50)58/h1-35H. The number of hydrogen-bond donors (Lipinski definition) is 0. The molecule has 0 saturated heterocycles. The van der Waals surface area contributed by atoms with Crippen LogP contribution in [-0.4, -0.2) is 15.0 Å². The van der Waals surface area contributed by atoms with Crippen molar-refractivity contribution < 1.29 is 0 Å². The Kier molecular flexibility index (Phi) is 7.22. The molecule has 1 atom stereocenters. The number of benzene rings is 10. The van der Waals surface area contributed by atoms with E-state index in [1.807, 2.05) is 24.3 Å². The van der Waals surface area contributed by atoms with Gasteiger partial charge in [0.1, 0.15) is 0 Å². The van der Waals surface area contributed by atoms with Crippen LogP contribution in [0.25, 0.3) is 99.9 Å². The fourth-order valence-corrected chi connectivity index (χ4v) is 10.6. The molecule has 0 fully saturated rings. The first kappa shape index (κ1) is 33.9. The van der Waals surface area contributed by atoms with Crippen LogP contribution in [0, 0.1) is 0 Å². The Balaban J connectivity index is 1.11. The van der Waals surface area contributed by atoms with Crippen molar-refractivity contribution >= 4 is 32.3 Å². The molecule has 1 heterocycles. The summed E-state index contributed by atoms with van der Waals surface area (Å²) >= 11 is 0. The predicted octanol–water partition coefficient (Wildman–Crippen LogP) is 14.3. The van der Waals surface area contributed by atoms with Gasteiger partial charge in [-0.2, -0.15) is 0 Å². The summed E-state index contributed by atoms with van der Waals surface area (Å²) < 4.78 is 0. The lowest BCUT2D eigenvalue weighted by molar-refractivity contribution is 0.795. The van der Waals surface area contributed by atoms with Gasteiger partial charge in [-0.15, -0.1) is 0 Å². The van der Waals surface area contributed by atoms with E-state index >= 15 is 0 Å². The Morgan fingerprint density at radius 1 is 0.246 bits per heavy atom. The molecule has 0 N–H and O–H groups in total. The number of nitrogens with zero attached hydrogens (tertiary/aromatic N) is 3. The Labute approximate surface area is 353 Å². The van der Waals surface area contributed by atoms with Crippen LogP contribution in [0.5, 0.6) is 0 Å². The molecule has 3 heteroatoms. The summed E-state index contributed by atoms with van der Waals surface area (Å²) in [4.78, 5) is 15.9. The fraction of sp³-hybridized carbons (Fsp3) is 0.0172. The second kappa shape index (κ2) is 13.0. The molecule has 1 unspecified atom stereocenters. The van der Waals surface area contributed by atoms with Crippen molar-refractivity contribution in [2.75, 3.05) is 0 Å². The topological polar surface area (TPSA) is 38.7 Å². The molecule has 0 aliphatic heterocycles. The zero-order valence-corrected chi connectivity index (χ0v) is 33.0. The number of fused-ring (bicyclic) bond motifs is 16. The minimum atomic E-state index is -0.633. The maximum atomic E-state index is 5.41. The lowest BCUT2D eigenvalue weighted by Crippen LogP contribution is -2.27. The highest BCUT2D eigenvalue weighted by molar-refractivity contribution is 6.26. The summed E-state index contributed by atoms with van der Waals surface area (Å²) in [5.74, 6) is 1.94. The van der Waals surface area contributed by atoms with E-state index in [0.717, 1.165) is 22.3 Å². The summed E-state index contributed by atoms with van der Waals surface area (Å²) in [5.41, 5.74) is 14.6. The van der Waals surface area contributed by atoms with Gasteiger partial charge in [0.05, 0.1) is 5.41 Å². The average Bonchev–Trinajstić information content (AvgIpc) is 3.81. The Hall–Kier alpha value is -8.01. The third-order valence-electron chi connectivity index (χ3n) is 13.1. The number of hydrogen-bond acceptors (Lipinski definition) is 3. The number of rotatable bonds is 4. The van der Waals surface area contributed by atoms with E-state index in [4.69, 9.17) is 15.0 Å². The highest BCUT2D eigenvalue weighted by Gasteiger charge is 2.53. The molecule has 10 aromatic carbocycles. The third kappa shape index (κ3) is 4.83. The van der Waals surface area contributed by atoms with Crippen molar-refractivity contribution in [1.29, 1.82) is 0 Å². The molecule has 2 aliphatic rings. The van der Waals surface area contributed by atoms with Gasteiger partial charge in [0.2, 0.25) is 0 Å². The van der Waals surface area contributed by atoms with Gasteiger partial charge in [-0.25, -0.2) is 15.0 Å². The predicted molar refractivity (Wildman–Crippen MR) is 250 cm³/mol. The van der Waals surface area contributed by atoms with Gasteiger partial charge in [-0.1, -0.05) is 200 Å². The largest absolute Gasteiger partial charge is 0.208 e. The summed E-state index contributed by atoms with van der Waals surface area (Å²) in [6.45, 7) is 0. The van der Waals surface area contributed by atoms with Crippen molar-refractivity contribution in [2.24, 2.45) is 0 Å². The van der Waals surface area contributed by atoms with Crippen molar-refractivity contribution in [3.05, 3.63) is 235 Å². The normalized spacial score (nSPS) is 14.6. The molecule has 3 nitrogen and oxygen atoms in total. The minimum absolute atomic E-state index is 0.633. The van der Waals surface area contributed by atoms with Gasteiger partial charge in [0.15, 0.2) is 17.5 Å². The zero-order valence-electron chi connectivity index (χ0n) is 33.0. The summed E-state index contributed by atoms with van der Waals surface area (Å²) in [7, 11) is 0. The summed E-state index contributed by atoms with van der Waals surface area (Å²) in [6, 6.07) is 76.8. The molecule has 0 bridgehead atoms. The fourth-order valence-electron chi connectivity index (χ4n) is 10.6. The summed E-state index contributed by atoms with van der Waals surface area (Å²) in [6.07, 6.45) is 0. The Morgan fingerprint density at radius 2 is 0.656 bits per heavy atom. The molecule has 13 rings (SSSR count). The summed E-state index contributed by atoms with van der Waals surface area (Å²) in [5, 5.41) is 7.61. The molecule has 0 radical (unpaired) electrons. The lowest BCUT2D eigenvalue weighted by Gasteiger charge is -2.32. The first-order valence-corrected chi connectivity index (χ1v) is 20.9. The van der Waals surface area contributed by atoms with Crippen molar-refractivity contribution in [2.45, 2.75) is 5.41 Å². The molecular weight excluding hydrogens is 739 g/mol. The van der Waals surface area contributed by atoms with E-state index < -0.39 is 5.41 Å². The maximum absolute atomic E-state index is 5.41. The van der Waals surface area contributed by atoms with Crippen molar-refractivity contribution in [3.63, 3.8) is 0 Å². The molecule has 0 amide bonds. The van der Waals surface area contributed by atoms with Gasteiger partial charge in [-0.05, 0) is 100 Å². The Morgan fingerprint density at radius 3 is 1.28 bits per heavy atom. The van der Waals surface area contributed by atoms with Crippen LogP contribution in [0.3, 0.4) is 0 Å². The van der Waals surface area contributed by atoms with Gasteiger partial charge in [-0.3, -0.25) is 0 Å². The van der Waals surface area contributed by atoms with Crippen LogP contribution in [0.2, 0.25) is 0 Å². The van der Waals surface area contributed by atoms with Gasteiger partial charge in [0, 0.05) is 16.7 Å². The number of aromatic nitrogens is 3. The highest BCUT2D eigenvalue weighted by atomic mass is 15.0. The molecule has 61 heavy (non-hydrogen) atoms. The zero-order chi connectivity index (χ0) is 40.1. The quantitative estimate of drug-likeness (QED) is 0.167. The van der Waals surface area contributed by atoms with Crippen LogP contribution in [0.15, 0.2) is 212 Å². The molecule has 282 valence electrons. The average molecular weight is 774 g/mol. The van der Waals surface area contributed by atoms with E-state index in [1.54, 1.807) is 0 Å². The maximum Gasteiger partial charge on any atom is 0.164 e. The SMILES string of the molecule is c1ccc(-c2ccc(-c3nc(-c4ccccc4)nc(-c4cccc5c4C4(c6ccccc6-c6cc7c8ccccc8c8ccccc8c7cc64)c4ccccc4-5)n3)cc2)cc1. The monoisotopic (exact) mass is 773 g/mol. The first-order chi connectivity index (χ1) is 30.3. The highest BCUT2D eigenvalue weighted by Crippen LogP contribution is 2.65. The minimum Gasteiger partial charge on any atom is -0.208 e. The van der Waals surface area contributed by atoms with Crippen LogP contribution >= 0.6 is 0 Å². The van der Waals surface area contributed by atoms with E-state index in [2.05, 4.69) is 188 Å². The smallest absolute Gasteiger partial charge is 0.164 e.